The Labute approximate surface area is 167 Å². The van der Waals surface area contributed by atoms with Gasteiger partial charge in [0.2, 0.25) is 0 Å². The minimum Gasteiger partial charge on any atom is -0.464 e. The lowest BCUT2D eigenvalue weighted by molar-refractivity contribution is -0.00416. The van der Waals surface area contributed by atoms with Crippen molar-refractivity contribution in [2.75, 3.05) is 19.6 Å². The summed E-state index contributed by atoms with van der Waals surface area (Å²) in [6, 6.07) is 7.18. The van der Waals surface area contributed by atoms with Crippen LogP contribution in [0, 0.1) is 12.8 Å². The maximum atomic E-state index is 13.2. The maximum Gasteiger partial charge on any atom is 0.197 e. The minimum atomic E-state index is 0.154. The highest BCUT2D eigenvalue weighted by Gasteiger charge is 2.43. The highest BCUT2D eigenvalue weighted by molar-refractivity contribution is 5.77. The van der Waals surface area contributed by atoms with Crippen molar-refractivity contribution in [3.8, 4) is 0 Å². The molecular formula is C24H32N2O2. The van der Waals surface area contributed by atoms with Crippen LogP contribution < -0.4 is 5.43 Å². The maximum absolute atomic E-state index is 13.2. The molecule has 2 aromatic rings. The number of hydrogen-bond acceptors (Lipinski definition) is 4. The Morgan fingerprint density at radius 3 is 2.75 bits per heavy atom. The topological polar surface area (TPSA) is 36.7 Å². The van der Waals surface area contributed by atoms with Crippen molar-refractivity contribution in [1.29, 1.82) is 0 Å². The number of hydrogen-bond donors (Lipinski definition) is 0. The molecule has 1 aromatic heterocycles. The smallest absolute Gasteiger partial charge is 0.197 e. The average molecular weight is 381 g/mol. The monoisotopic (exact) mass is 380 g/mol. The lowest BCUT2D eigenvalue weighted by Crippen LogP contribution is -2.59. The molecule has 3 heterocycles. The van der Waals surface area contributed by atoms with Crippen molar-refractivity contribution >= 4 is 11.0 Å². The van der Waals surface area contributed by atoms with Crippen LogP contribution in [0.2, 0.25) is 0 Å². The van der Waals surface area contributed by atoms with E-state index in [0.717, 1.165) is 42.1 Å². The molecule has 2 atom stereocenters. The van der Waals surface area contributed by atoms with Gasteiger partial charge in [-0.05, 0) is 57.2 Å². The van der Waals surface area contributed by atoms with Crippen LogP contribution >= 0.6 is 0 Å². The summed E-state index contributed by atoms with van der Waals surface area (Å²) >= 11 is 0. The van der Waals surface area contributed by atoms with E-state index in [1.54, 1.807) is 6.26 Å². The molecule has 0 spiro atoms. The molecule has 0 bridgehead atoms. The fourth-order valence-electron chi connectivity index (χ4n) is 6.05. The van der Waals surface area contributed by atoms with Crippen LogP contribution in [-0.4, -0.2) is 41.5 Å². The van der Waals surface area contributed by atoms with Crippen LogP contribution in [0.25, 0.3) is 11.0 Å². The Hall–Kier alpha value is -1.65. The second kappa shape index (κ2) is 7.64. The molecule has 0 N–H and O–H groups in total. The number of rotatable bonds is 3. The fraction of sp³-hybridized carbons (Fsp3) is 0.625. The van der Waals surface area contributed by atoms with E-state index in [-0.39, 0.29) is 5.43 Å². The van der Waals surface area contributed by atoms with E-state index >= 15 is 0 Å². The Balaban J connectivity index is 1.46. The van der Waals surface area contributed by atoms with Crippen LogP contribution in [-0.2, 0) is 6.54 Å². The van der Waals surface area contributed by atoms with Gasteiger partial charge in [-0.25, -0.2) is 0 Å². The van der Waals surface area contributed by atoms with Gasteiger partial charge in [-0.2, -0.15) is 0 Å². The van der Waals surface area contributed by atoms with Crippen LogP contribution in [0.15, 0.2) is 33.7 Å². The third-order valence-electron chi connectivity index (χ3n) is 7.41. The molecule has 3 aliphatic rings. The van der Waals surface area contributed by atoms with Gasteiger partial charge in [0.15, 0.2) is 5.43 Å². The van der Waals surface area contributed by atoms with Crippen molar-refractivity contribution in [3.63, 3.8) is 0 Å². The van der Waals surface area contributed by atoms with Crippen LogP contribution in [0.5, 0.6) is 0 Å². The predicted octanol–water partition coefficient (Wildman–Crippen LogP) is 4.33. The van der Waals surface area contributed by atoms with E-state index in [1.165, 1.54) is 51.5 Å². The minimum absolute atomic E-state index is 0.154. The van der Waals surface area contributed by atoms with Gasteiger partial charge in [0.05, 0.1) is 11.6 Å². The van der Waals surface area contributed by atoms with Gasteiger partial charge in [-0.1, -0.05) is 30.9 Å². The molecule has 150 valence electrons. The number of aryl methyl sites for hydroxylation is 1. The molecule has 2 saturated heterocycles. The van der Waals surface area contributed by atoms with Crippen LogP contribution in [0.4, 0.5) is 0 Å². The van der Waals surface area contributed by atoms with E-state index in [9.17, 15) is 4.79 Å². The third kappa shape index (κ3) is 3.31. The molecule has 1 aromatic carbocycles. The Bertz CT molecular complexity index is 899. The molecule has 0 unspecified atom stereocenters. The zero-order valence-electron chi connectivity index (χ0n) is 17.0. The van der Waals surface area contributed by atoms with Gasteiger partial charge in [0.25, 0.3) is 0 Å². The summed E-state index contributed by atoms with van der Waals surface area (Å²) in [5, 5.41) is 0.728. The van der Waals surface area contributed by atoms with E-state index in [0.29, 0.717) is 17.7 Å². The van der Waals surface area contributed by atoms with Gasteiger partial charge >= 0.3 is 0 Å². The highest BCUT2D eigenvalue weighted by Crippen LogP contribution is 2.38. The molecule has 0 radical (unpaired) electrons. The second-order valence-electron chi connectivity index (χ2n) is 9.19. The summed E-state index contributed by atoms with van der Waals surface area (Å²) in [7, 11) is 0. The molecular weight excluding hydrogens is 348 g/mol. The van der Waals surface area contributed by atoms with Crippen molar-refractivity contribution in [1.82, 2.24) is 9.80 Å². The molecule has 3 fully saturated rings. The SMILES string of the molecule is Cc1ccc2occ(CN3CCN4CCC[C@@H]4[C@@H]3C3CCCCC3)c(=O)c2c1. The first-order valence-corrected chi connectivity index (χ1v) is 11.2. The van der Waals surface area contributed by atoms with Gasteiger partial charge < -0.3 is 4.42 Å². The number of fused-ring (bicyclic) bond motifs is 2. The van der Waals surface area contributed by atoms with Crippen LogP contribution in [0.3, 0.4) is 0 Å². The highest BCUT2D eigenvalue weighted by atomic mass is 16.3. The van der Waals surface area contributed by atoms with Crippen molar-refractivity contribution in [2.24, 2.45) is 5.92 Å². The summed E-state index contributed by atoms with van der Waals surface area (Å²) < 4.78 is 5.85. The average Bonchev–Trinajstić information content (AvgIpc) is 3.20. The second-order valence-corrected chi connectivity index (χ2v) is 9.19. The number of piperazine rings is 1. The van der Waals surface area contributed by atoms with E-state index < -0.39 is 0 Å². The van der Waals surface area contributed by atoms with Gasteiger partial charge in [0, 0.05) is 37.3 Å². The Kier molecular flexibility index (Phi) is 5.02. The zero-order valence-corrected chi connectivity index (χ0v) is 17.0. The van der Waals surface area contributed by atoms with Crippen molar-refractivity contribution in [3.05, 3.63) is 45.8 Å². The first kappa shape index (κ1) is 18.4. The standard InChI is InChI=1S/C24H32N2O2/c1-17-9-10-22-20(14-17)24(27)19(16-28-22)15-26-13-12-25-11-5-8-21(25)23(26)18-6-3-2-4-7-18/h9-10,14,16,18,21,23H,2-8,11-13,15H2,1H3/t21-,23+/m1/s1. The van der Waals surface area contributed by atoms with Crippen LogP contribution in [0.1, 0.15) is 56.1 Å². The summed E-state index contributed by atoms with van der Waals surface area (Å²) in [5.74, 6) is 0.786. The molecule has 4 heteroatoms. The molecule has 0 amide bonds. The van der Waals surface area contributed by atoms with Gasteiger partial charge in [-0.3, -0.25) is 14.6 Å². The fourth-order valence-corrected chi connectivity index (χ4v) is 6.05. The Morgan fingerprint density at radius 2 is 1.89 bits per heavy atom. The normalized spacial score (nSPS) is 27.3. The van der Waals surface area contributed by atoms with Gasteiger partial charge in [0.1, 0.15) is 5.58 Å². The summed E-state index contributed by atoms with van der Waals surface area (Å²) in [6.07, 6.45) is 11.2. The van der Waals surface area contributed by atoms with E-state index in [1.807, 2.05) is 25.1 Å². The van der Waals surface area contributed by atoms with E-state index in [2.05, 4.69) is 9.80 Å². The Morgan fingerprint density at radius 1 is 1.04 bits per heavy atom. The summed E-state index contributed by atoms with van der Waals surface area (Å²) in [5.41, 5.74) is 2.78. The largest absolute Gasteiger partial charge is 0.464 e. The lowest BCUT2D eigenvalue weighted by Gasteiger charge is -2.49. The number of nitrogens with zero attached hydrogens (tertiary/aromatic N) is 2. The zero-order chi connectivity index (χ0) is 19.1. The molecule has 1 saturated carbocycles. The van der Waals surface area contributed by atoms with E-state index in [4.69, 9.17) is 4.42 Å². The predicted molar refractivity (Wildman–Crippen MR) is 113 cm³/mol. The summed E-state index contributed by atoms with van der Waals surface area (Å²) in [6.45, 7) is 6.25. The molecule has 4 nitrogen and oxygen atoms in total. The van der Waals surface area contributed by atoms with Crippen molar-refractivity contribution < 1.29 is 4.42 Å². The molecule has 2 aliphatic heterocycles. The molecule has 28 heavy (non-hydrogen) atoms. The first-order valence-electron chi connectivity index (χ1n) is 11.2. The van der Waals surface area contributed by atoms with Gasteiger partial charge in [-0.15, -0.1) is 0 Å². The molecule has 1 aliphatic carbocycles. The third-order valence-corrected chi connectivity index (χ3v) is 7.41. The quantitative estimate of drug-likeness (QED) is 0.794. The first-order chi connectivity index (χ1) is 13.7. The van der Waals surface area contributed by atoms with Crippen molar-refractivity contribution in [2.45, 2.75) is 70.5 Å². The lowest BCUT2D eigenvalue weighted by atomic mass is 9.78. The summed E-state index contributed by atoms with van der Waals surface area (Å²) in [4.78, 5) is 18.5. The number of benzene rings is 1. The molecule has 5 rings (SSSR count).